The Morgan fingerprint density at radius 1 is 1.03 bits per heavy atom. The second kappa shape index (κ2) is 7.83. The van der Waals surface area contributed by atoms with Gasteiger partial charge in [0, 0.05) is 0 Å². The smallest absolute Gasteiger partial charge is 0.338 e. The zero-order chi connectivity index (χ0) is 21.7. The summed E-state index contributed by atoms with van der Waals surface area (Å²) in [5.74, 6) is -2.71. The molecule has 30 heavy (non-hydrogen) atoms. The quantitative estimate of drug-likeness (QED) is 0.669. The molecule has 9 heteroatoms. The highest BCUT2D eigenvalue weighted by Crippen LogP contribution is 2.42. The van der Waals surface area contributed by atoms with Gasteiger partial charge >= 0.3 is 5.97 Å². The number of aliphatic hydroxyl groups excluding tert-OH is 2. The zero-order valence-corrected chi connectivity index (χ0v) is 17.4. The lowest BCUT2D eigenvalue weighted by atomic mass is 10.0. The van der Waals surface area contributed by atoms with Crippen LogP contribution in [0.1, 0.15) is 39.4 Å². The normalized spacial score (nSPS) is 36.3. The topological polar surface area (TPSA) is 113 Å². The van der Waals surface area contributed by atoms with Crippen LogP contribution >= 0.6 is 0 Å². The van der Waals surface area contributed by atoms with Gasteiger partial charge in [0.2, 0.25) is 0 Å². The summed E-state index contributed by atoms with van der Waals surface area (Å²) in [7, 11) is 0. The van der Waals surface area contributed by atoms with E-state index < -0.39 is 60.5 Å². The highest BCUT2D eigenvalue weighted by atomic mass is 16.9. The van der Waals surface area contributed by atoms with Gasteiger partial charge in [-0.1, -0.05) is 30.3 Å². The number of aliphatic hydroxyl groups is 2. The number of esters is 1. The first-order valence-corrected chi connectivity index (χ1v) is 10.0. The standard InChI is InChI=1S/C21H28O9/c1-20(2)25-10-12(28-20)15-16(17-19(27-15)30-21(3,4)29-17)26-18(24)14(23)13(22)11-8-6-5-7-9-11/h5-9,12-17,19,22-23H,10H2,1-4H3/t12-,13?,14?,15-,16+,17-,19-/m1/s1. The van der Waals surface area contributed by atoms with Crippen LogP contribution < -0.4 is 0 Å². The van der Waals surface area contributed by atoms with E-state index in [1.165, 1.54) is 0 Å². The molecular formula is C21H28O9. The monoisotopic (exact) mass is 424 g/mol. The fourth-order valence-electron chi connectivity index (χ4n) is 3.98. The number of fused-ring (bicyclic) bond motifs is 1. The van der Waals surface area contributed by atoms with Crippen molar-refractivity contribution in [1.29, 1.82) is 0 Å². The van der Waals surface area contributed by atoms with Crippen molar-refractivity contribution in [1.82, 2.24) is 0 Å². The summed E-state index contributed by atoms with van der Waals surface area (Å²) in [5, 5.41) is 20.8. The first-order valence-electron chi connectivity index (χ1n) is 10.0. The zero-order valence-electron chi connectivity index (χ0n) is 17.4. The fourth-order valence-corrected chi connectivity index (χ4v) is 3.98. The average molecular weight is 424 g/mol. The third kappa shape index (κ3) is 4.24. The molecule has 2 N–H and O–H groups in total. The van der Waals surface area contributed by atoms with Crippen LogP contribution in [0.4, 0.5) is 0 Å². The van der Waals surface area contributed by atoms with Gasteiger partial charge in [0.05, 0.1) is 6.61 Å². The van der Waals surface area contributed by atoms with Crippen molar-refractivity contribution >= 4 is 5.97 Å². The Morgan fingerprint density at radius 3 is 2.37 bits per heavy atom. The minimum atomic E-state index is -1.78. The van der Waals surface area contributed by atoms with Crippen molar-refractivity contribution in [2.75, 3.05) is 6.61 Å². The number of hydrogen-bond acceptors (Lipinski definition) is 9. The SMILES string of the molecule is CC1(C)O[C@H]2O[C@H]([C@H]3COC(C)(C)O3)[C@H](OC(=O)C(O)C(O)c3ccccc3)[C@H]2O1. The van der Waals surface area contributed by atoms with Crippen molar-refractivity contribution in [3.05, 3.63) is 35.9 Å². The molecule has 9 nitrogen and oxygen atoms in total. The molecule has 3 saturated heterocycles. The molecule has 4 rings (SSSR count). The van der Waals surface area contributed by atoms with Crippen molar-refractivity contribution < 1.29 is 43.4 Å². The fraction of sp³-hybridized carbons (Fsp3) is 0.667. The number of carbonyl (C=O) groups is 1. The summed E-state index contributed by atoms with van der Waals surface area (Å²) < 4.78 is 34.7. The summed E-state index contributed by atoms with van der Waals surface area (Å²) in [4.78, 5) is 12.7. The van der Waals surface area contributed by atoms with Crippen LogP contribution in [0.15, 0.2) is 30.3 Å². The third-order valence-electron chi connectivity index (χ3n) is 5.36. The van der Waals surface area contributed by atoms with Crippen molar-refractivity contribution in [3.8, 4) is 0 Å². The van der Waals surface area contributed by atoms with Crippen molar-refractivity contribution in [3.63, 3.8) is 0 Å². The van der Waals surface area contributed by atoms with Crippen LogP contribution in [-0.4, -0.2) is 71.2 Å². The van der Waals surface area contributed by atoms with Gasteiger partial charge in [0.1, 0.15) is 18.3 Å². The lowest BCUT2D eigenvalue weighted by Crippen LogP contribution is -2.47. The summed E-state index contributed by atoms with van der Waals surface area (Å²) in [6.07, 6.45) is -6.83. The molecule has 3 fully saturated rings. The molecule has 0 bridgehead atoms. The van der Waals surface area contributed by atoms with Gasteiger partial charge in [0.15, 0.2) is 36.2 Å². The molecule has 0 radical (unpaired) electrons. The number of ether oxygens (including phenoxy) is 6. The molecule has 0 aliphatic carbocycles. The van der Waals surface area contributed by atoms with Gasteiger partial charge in [-0.25, -0.2) is 4.79 Å². The maximum absolute atomic E-state index is 12.7. The van der Waals surface area contributed by atoms with Gasteiger partial charge in [-0.05, 0) is 33.3 Å². The molecule has 1 aromatic carbocycles. The molecule has 0 saturated carbocycles. The van der Waals surface area contributed by atoms with Crippen LogP contribution in [0.5, 0.6) is 0 Å². The Labute approximate surface area is 174 Å². The predicted octanol–water partition coefficient (Wildman–Crippen LogP) is 1.02. The molecule has 7 atom stereocenters. The van der Waals surface area contributed by atoms with E-state index in [2.05, 4.69) is 0 Å². The number of hydrogen-bond donors (Lipinski definition) is 2. The van der Waals surface area contributed by atoms with E-state index in [0.29, 0.717) is 5.56 Å². The minimum Gasteiger partial charge on any atom is -0.454 e. The van der Waals surface area contributed by atoms with Gasteiger partial charge < -0.3 is 38.6 Å². The van der Waals surface area contributed by atoms with Gasteiger partial charge in [-0.15, -0.1) is 0 Å². The molecule has 0 amide bonds. The molecule has 3 aliphatic heterocycles. The Hall–Kier alpha value is -1.59. The van der Waals surface area contributed by atoms with Crippen LogP contribution in [0.2, 0.25) is 0 Å². The maximum Gasteiger partial charge on any atom is 0.338 e. The molecule has 2 unspecified atom stereocenters. The molecule has 3 heterocycles. The Balaban J connectivity index is 1.50. The summed E-state index contributed by atoms with van der Waals surface area (Å²) >= 11 is 0. The summed E-state index contributed by atoms with van der Waals surface area (Å²) in [6, 6.07) is 8.40. The van der Waals surface area contributed by atoms with Crippen molar-refractivity contribution in [2.45, 2.75) is 82.2 Å². The highest BCUT2D eigenvalue weighted by Gasteiger charge is 2.60. The second-order valence-electron chi connectivity index (χ2n) is 8.64. The van der Waals surface area contributed by atoms with Crippen LogP contribution in [-0.2, 0) is 33.2 Å². The van der Waals surface area contributed by atoms with E-state index in [-0.39, 0.29) is 6.61 Å². The van der Waals surface area contributed by atoms with Gasteiger partial charge in [-0.2, -0.15) is 0 Å². The molecular weight excluding hydrogens is 396 g/mol. The number of rotatable bonds is 5. The minimum absolute atomic E-state index is 0.240. The van der Waals surface area contributed by atoms with Crippen molar-refractivity contribution in [2.24, 2.45) is 0 Å². The van der Waals surface area contributed by atoms with Crippen LogP contribution in [0.3, 0.4) is 0 Å². The Morgan fingerprint density at radius 2 is 1.73 bits per heavy atom. The van der Waals surface area contributed by atoms with E-state index in [1.54, 1.807) is 58.0 Å². The van der Waals surface area contributed by atoms with Crippen LogP contribution in [0, 0.1) is 0 Å². The van der Waals surface area contributed by atoms with E-state index in [1.807, 2.05) is 0 Å². The molecule has 0 spiro atoms. The number of carbonyl (C=O) groups excluding carboxylic acids is 1. The molecule has 1 aromatic rings. The third-order valence-corrected chi connectivity index (χ3v) is 5.36. The first kappa shape index (κ1) is 21.6. The largest absolute Gasteiger partial charge is 0.454 e. The Bertz CT molecular complexity index is 765. The lowest BCUT2D eigenvalue weighted by molar-refractivity contribution is -0.237. The second-order valence-corrected chi connectivity index (χ2v) is 8.64. The van der Waals surface area contributed by atoms with E-state index in [4.69, 9.17) is 28.4 Å². The number of benzene rings is 1. The lowest BCUT2D eigenvalue weighted by Gasteiger charge is -2.29. The molecule has 166 valence electrons. The average Bonchev–Trinajstić information content (AvgIpc) is 3.31. The predicted molar refractivity (Wildman–Crippen MR) is 101 cm³/mol. The summed E-state index contributed by atoms with van der Waals surface area (Å²) in [6.45, 7) is 7.26. The molecule has 0 aromatic heterocycles. The van der Waals surface area contributed by atoms with Crippen LogP contribution in [0.25, 0.3) is 0 Å². The van der Waals surface area contributed by atoms with E-state index in [0.717, 1.165) is 0 Å². The Kier molecular flexibility index (Phi) is 5.65. The van der Waals surface area contributed by atoms with E-state index >= 15 is 0 Å². The molecule has 3 aliphatic rings. The maximum atomic E-state index is 12.7. The van der Waals surface area contributed by atoms with E-state index in [9.17, 15) is 15.0 Å². The first-order chi connectivity index (χ1) is 14.1. The highest BCUT2D eigenvalue weighted by molar-refractivity contribution is 5.75. The van der Waals surface area contributed by atoms with Gasteiger partial charge in [-0.3, -0.25) is 0 Å². The summed E-state index contributed by atoms with van der Waals surface area (Å²) in [5.41, 5.74) is 0.398. The van der Waals surface area contributed by atoms with Gasteiger partial charge in [0.25, 0.3) is 0 Å².